The molecule has 0 heterocycles. The molecule has 16 heavy (non-hydrogen) atoms. The van der Waals surface area contributed by atoms with E-state index in [-0.39, 0.29) is 5.82 Å². The van der Waals surface area contributed by atoms with Crippen LogP contribution < -0.4 is 0 Å². The van der Waals surface area contributed by atoms with Gasteiger partial charge in [0.05, 0.1) is 22.8 Å². The Morgan fingerprint density at radius 2 is 2.06 bits per heavy atom. The van der Waals surface area contributed by atoms with Gasteiger partial charge in [-0.3, -0.25) is 0 Å². The quantitative estimate of drug-likeness (QED) is 0.797. The molecule has 0 N–H and O–H groups in total. The van der Waals surface area contributed by atoms with E-state index in [2.05, 4.69) is 16.1 Å². The summed E-state index contributed by atoms with van der Waals surface area (Å²) in [4.78, 5) is 11.2. The van der Waals surface area contributed by atoms with Crippen LogP contribution in [0.2, 0.25) is 0 Å². The molecular weight excluding hydrogens is 277 g/mol. The molecule has 0 bridgehead atoms. The van der Waals surface area contributed by atoms with Gasteiger partial charge in [0.25, 0.3) is 0 Å². The van der Waals surface area contributed by atoms with Gasteiger partial charge < -0.3 is 4.74 Å². The molecule has 0 unspecified atom stereocenters. The zero-order chi connectivity index (χ0) is 12.0. The van der Waals surface area contributed by atoms with Gasteiger partial charge in [-0.15, -0.1) is 0 Å². The molecule has 3 nitrogen and oxygen atoms in total. The number of benzene rings is 1. The molecule has 0 aliphatic heterocycles. The molecule has 0 radical (unpaired) electrons. The van der Waals surface area contributed by atoms with Crippen LogP contribution in [0.15, 0.2) is 24.3 Å². The smallest absolute Gasteiger partial charge is 0.419 e. The number of carbonyl (C=O) groups excluding carboxylic acids is 1. The molecule has 0 saturated heterocycles. The lowest BCUT2D eigenvalue weighted by atomic mass is 10.1. The second-order valence-corrected chi connectivity index (χ2v) is 4.02. The van der Waals surface area contributed by atoms with Gasteiger partial charge in [-0.1, -0.05) is 12.1 Å². The van der Waals surface area contributed by atoms with Crippen LogP contribution in [0.4, 0.5) is 9.18 Å². The molecule has 0 atom stereocenters. The summed E-state index contributed by atoms with van der Waals surface area (Å²) in [6.07, 6.45) is 0.231. The maximum atomic E-state index is 12.6. The van der Waals surface area contributed by atoms with Crippen molar-refractivity contribution < 1.29 is 13.9 Å². The van der Waals surface area contributed by atoms with Crippen molar-refractivity contribution >= 4 is 22.2 Å². The van der Waals surface area contributed by atoms with Crippen molar-refractivity contribution in [1.29, 1.82) is 0 Å². The molecule has 0 aliphatic rings. The Hall–Kier alpha value is -1.10. The van der Waals surface area contributed by atoms with Crippen LogP contribution in [-0.4, -0.2) is 23.2 Å². The van der Waals surface area contributed by atoms with Crippen molar-refractivity contribution in [2.45, 2.75) is 13.3 Å². The number of nitrogens with zero attached hydrogens (tertiary/aromatic N) is 1. The number of halogens is 2. The molecular formula is C11H13BrFNO2. The Bertz CT molecular complexity index is 342. The summed E-state index contributed by atoms with van der Waals surface area (Å²) in [5.41, 5.74) is 0.968. The first-order valence-electron chi connectivity index (χ1n) is 4.98. The van der Waals surface area contributed by atoms with Crippen molar-refractivity contribution in [2.24, 2.45) is 0 Å². The monoisotopic (exact) mass is 289 g/mol. The van der Waals surface area contributed by atoms with E-state index in [0.717, 1.165) is 5.56 Å². The topological polar surface area (TPSA) is 29.5 Å². The Kier molecular flexibility index (Phi) is 5.25. The van der Waals surface area contributed by atoms with Crippen LogP contribution in [0.5, 0.6) is 0 Å². The van der Waals surface area contributed by atoms with Gasteiger partial charge in [0.15, 0.2) is 0 Å². The zero-order valence-electron chi connectivity index (χ0n) is 8.95. The Morgan fingerprint density at radius 1 is 1.44 bits per heavy atom. The number of ether oxygens (including phenoxy) is 1. The van der Waals surface area contributed by atoms with E-state index in [1.165, 1.54) is 16.1 Å². The van der Waals surface area contributed by atoms with Gasteiger partial charge in [0.2, 0.25) is 0 Å². The SMILES string of the molecule is CCOC(=O)N(Br)CCc1ccc(F)cc1. The molecule has 0 spiro atoms. The molecule has 0 fully saturated rings. The van der Waals surface area contributed by atoms with Gasteiger partial charge >= 0.3 is 6.09 Å². The second-order valence-electron chi connectivity index (χ2n) is 3.16. The van der Waals surface area contributed by atoms with Crippen LogP contribution in [0.25, 0.3) is 0 Å². The van der Waals surface area contributed by atoms with E-state index in [9.17, 15) is 9.18 Å². The largest absolute Gasteiger partial charge is 0.449 e. The molecule has 1 amide bonds. The summed E-state index contributed by atoms with van der Waals surface area (Å²) < 4.78 is 18.7. The van der Waals surface area contributed by atoms with Crippen molar-refractivity contribution in [1.82, 2.24) is 3.93 Å². The van der Waals surface area contributed by atoms with Gasteiger partial charge in [-0.25, -0.2) is 13.1 Å². The van der Waals surface area contributed by atoms with Crippen molar-refractivity contribution in [3.8, 4) is 0 Å². The summed E-state index contributed by atoms with van der Waals surface area (Å²) in [5, 5.41) is 0. The fourth-order valence-electron chi connectivity index (χ4n) is 1.16. The molecule has 1 aromatic rings. The number of amides is 1. The van der Waals surface area contributed by atoms with Gasteiger partial charge in [0.1, 0.15) is 5.82 Å². The molecule has 1 aromatic carbocycles. The highest BCUT2D eigenvalue weighted by Crippen LogP contribution is 2.07. The van der Waals surface area contributed by atoms with Gasteiger partial charge in [-0.05, 0) is 31.0 Å². The highest BCUT2D eigenvalue weighted by atomic mass is 79.9. The number of carbonyl (C=O) groups is 1. The summed E-state index contributed by atoms with van der Waals surface area (Å²) in [6.45, 7) is 2.57. The normalized spacial score (nSPS) is 9.94. The molecule has 0 aliphatic carbocycles. The first-order chi connectivity index (χ1) is 7.63. The Labute approximate surface area is 103 Å². The lowest BCUT2D eigenvalue weighted by Gasteiger charge is -2.13. The van der Waals surface area contributed by atoms with E-state index in [0.29, 0.717) is 19.6 Å². The third kappa shape index (κ3) is 4.18. The first kappa shape index (κ1) is 13.0. The summed E-state index contributed by atoms with van der Waals surface area (Å²) in [6, 6.07) is 6.19. The minimum absolute atomic E-state index is 0.259. The number of hydrogen-bond acceptors (Lipinski definition) is 2. The fraction of sp³-hybridized carbons (Fsp3) is 0.364. The lowest BCUT2D eigenvalue weighted by Crippen LogP contribution is -2.24. The van der Waals surface area contributed by atoms with Gasteiger partial charge in [0, 0.05) is 6.54 Å². The van der Waals surface area contributed by atoms with E-state index in [1.807, 2.05) is 0 Å². The predicted molar refractivity (Wildman–Crippen MR) is 62.8 cm³/mol. The second kappa shape index (κ2) is 6.48. The molecule has 1 rings (SSSR count). The standard InChI is InChI=1S/C11H13BrFNO2/c1-2-16-11(15)14(12)8-7-9-3-5-10(13)6-4-9/h3-6H,2,7-8H2,1H3. The third-order valence-electron chi connectivity index (χ3n) is 1.98. The number of rotatable bonds is 4. The van der Waals surface area contributed by atoms with Gasteiger partial charge in [-0.2, -0.15) is 0 Å². The minimum Gasteiger partial charge on any atom is -0.449 e. The predicted octanol–water partition coefficient (Wildman–Crippen LogP) is 3.14. The van der Waals surface area contributed by atoms with E-state index in [4.69, 9.17) is 4.74 Å². The maximum absolute atomic E-state index is 12.6. The average Bonchev–Trinajstić information content (AvgIpc) is 2.28. The zero-order valence-corrected chi connectivity index (χ0v) is 10.5. The van der Waals surface area contributed by atoms with Crippen LogP contribution in [-0.2, 0) is 11.2 Å². The molecule has 0 aromatic heterocycles. The summed E-state index contributed by atoms with van der Waals surface area (Å²) in [7, 11) is 0. The average molecular weight is 290 g/mol. The highest BCUT2D eigenvalue weighted by Gasteiger charge is 2.10. The van der Waals surface area contributed by atoms with Crippen LogP contribution >= 0.6 is 16.1 Å². The van der Waals surface area contributed by atoms with Crippen LogP contribution in [0.3, 0.4) is 0 Å². The first-order valence-corrected chi connectivity index (χ1v) is 5.69. The molecule has 0 saturated carbocycles. The van der Waals surface area contributed by atoms with Crippen molar-refractivity contribution in [3.05, 3.63) is 35.6 Å². The fourth-order valence-corrected chi connectivity index (χ4v) is 1.44. The van der Waals surface area contributed by atoms with Crippen molar-refractivity contribution in [3.63, 3.8) is 0 Å². The van der Waals surface area contributed by atoms with Crippen LogP contribution in [0, 0.1) is 5.82 Å². The number of hydrogen-bond donors (Lipinski definition) is 0. The van der Waals surface area contributed by atoms with E-state index >= 15 is 0 Å². The third-order valence-corrected chi connectivity index (χ3v) is 2.62. The molecule has 5 heteroatoms. The Morgan fingerprint density at radius 3 is 2.62 bits per heavy atom. The Balaban J connectivity index is 2.39. The lowest BCUT2D eigenvalue weighted by molar-refractivity contribution is 0.135. The van der Waals surface area contributed by atoms with Crippen molar-refractivity contribution in [2.75, 3.05) is 13.2 Å². The van der Waals surface area contributed by atoms with E-state index < -0.39 is 6.09 Å². The summed E-state index contributed by atoms with van der Waals surface area (Å²) >= 11 is 3.10. The molecule has 88 valence electrons. The maximum Gasteiger partial charge on any atom is 0.419 e. The van der Waals surface area contributed by atoms with E-state index in [1.54, 1.807) is 19.1 Å². The van der Waals surface area contributed by atoms with Crippen LogP contribution in [0.1, 0.15) is 12.5 Å². The highest BCUT2D eigenvalue weighted by molar-refractivity contribution is 9.07. The minimum atomic E-state index is -0.412. The summed E-state index contributed by atoms with van der Waals surface area (Å²) in [5.74, 6) is -0.259.